The fourth-order valence-electron chi connectivity index (χ4n) is 2.61. The van der Waals surface area contributed by atoms with Crippen molar-refractivity contribution in [2.24, 2.45) is 0 Å². The van der Waals surface area contributed by atoms with Crippen molar-refractivity contribution in [2.45, 2.75) is 53.0 Å². The van der Waals surface area contributed by atoms with Crippen molar-refractivity contribution in [1.82, 2.24) is 4.98 Å². The largest absolute Gasteiger partial charge is 0.508 e. The minimum absolute atomic E-state index is 0.000131. The van der Waals surface area contributed by atoms with E-state index in [0.29, 0.717) is 13.2 Å². The minimum atomic E-state index is -0.557. The molecule has 0 amide bonds. The van der Waals surface area contributed by atoms with Gasteiger partial charge in [0.1, 0.15) is 18.2 Å². The lowest BCUT2D eigenvalue weighted by molar-refractivity contribution is 0.0288. The number of hydrogen-bond donors (Lipinski definition) is 1. The van der Waals surface area contributed by atoms with Gasteiger partial charge in [0.15, 0.2) is 0 Å². The minimum Gasteiger partial charge on any atom is -0.433 e. The summed E-state index contributed by atoms with van der Waals surface area (Å²) in [7, 11) is 4.90. The smallest absolute Gasteiger partial charge is 0.433 e. The zero-order valence-electron chi connectivity index (χ0n) is 13.3. The second-order valence-corrected chi connectivity index (χ2v) is 10.5. The molecule has 8 heteroatoms. The third-order valence-electron chi connectivity index (χ3n) is 4.57. The van der Waals surface area contributed by atoms with E-state index < -0.39 is 6.16 Å². The SMILES string of the molecule is O=C(OCC1(SS)CCC1)OCC1(SSc2ccccn2)CCC1. The summed E-state index contributed by atoms with van der Waals surface area (Å²) >= 11 is 4.29. The van der Waals surface area contributed by atoms with Crippen molar-refractivity contribution in [3.63, 3.8) is 0 Å². The molecule has 0 aliphatic heterocycles. The number of ether oxygens (including phenoxy) is 2. The first-order chi connectivity index (χ1) is 11.7. The number of nitrogens with zero attached hydrogens (tertiary/aromatic N) is 1. The Morgan fingerprint density at radius 3 is 2.29 bits per heavy atom. The quantitative estimate of drug-likeness (QED) is 0.354. The molecule has 0 atom stereocenters. The van der Waals surface area contributed by atoms with E-state index in [1.54, 1.807) is 27.8 Å². The van der Waals surface area contributed by atoms with Crippen LogP contribution in [0.25, 0.3) is 0 Å². The third-order valence-corrected chi connectivity index (χ3v) is 9.84. The Balaban J connectivity index is 1.41. The van der Waals surface area contributed by atoms with Gasteiger partial charge in [-0.25, -0.2) is 9.78 Å². The molecule has 0 radical (unpaired) electrons. The summed E-state index contributed by atoms with van der Waals surface area (Å²) in [5, 5.41) is 0.981. The molecular weight excluding hydrogens is 382 g/mol. The van der Waals surface area contributed by atoms with Crippen LogP contribution in [0.3, 0.4) is 0 Å². The summed E-state index contributed by atoms with van der Waals surface area (Å²) < 4.78 is 10.7. The van der Waals surface area contributed by atoms with Crippen LogP contribution in [0.15, 0.2) is 29.4 Å². The lowest BCUT2D eigenvalue weighted by Gasteiger charge is -2.40. The van der Waals surface area contributed by atoms with Crippen LogP contribution in [0.4, 0.5) is 4.79 Å². The fourth-order valence-corrected chi connectivity index (χ4v) is 6.68. The van der Waals surface area contributed by atoms with Gasteiger partial charge in [-0.3, -0.25) is 0 Å². The highest BCUT2D eigenvalue weighted by molar-refractivity contribution is 8.77. The van der Waals surface area contributed by atoms with Crippen LogP contribution >= 0.6 is 44.0 Å². The van der Waals surface area contributed by atoms with E-state index in [1.807, 2.05) is 18.2 Å². The number of rotatable bonds is 8. The van der Waals surface area contributed by atoms with Gasteiger partial charge in [-0.15, -0.1) is 11.7 Å². The van der Waals surface area contributed by atoms with Gasteiger partial charge < -0.3 is 9.47 Å². The number of thiol groups is 1. The summed E-state index contributed by atoms with van der Waals surface area (Å²) in [4.78, 5) is 16.2. The zero-order valence-corrected chi connectivity index (χ0v) is 16.7. The highest BCUT2D eigenvalue weighted by Crippen LogP contribution is 2.51. The maximum atomic E-state index is 11.9. The average molecular weight is 404 g/mol. The van der Waals surface area contributed by atoms with E-state index in [0.717, 1.165) is 30.7 Å². The first kappa shape index (κ1) is 18.6. The van der Waals surface area contributed by atoms with Crippen molar-refractivity contribution in [3.05, 3.63) is 24.4 Å². The maximum absolute atomic E-state index is 11.9. The van der Waals surface area contributed by atoms with Crippen LogP contribution < -0.4 is 0 Å². The molecule has 0 saturated heterocycles. The molecule has 0 bridgehead atoms. The number of carbonyl (C=O) groups excluding carboxylic acids is 1. The normalized spacial score (nSPS) is 20.5. The molecule has 1 aromatic heterocycles. The summed E-state index contributed by atoms with van der Waals surface area (Å²) in [6, 6.07) is 5.88. The maximum Gasteiger partial charge on any atom is 0.508 e. The van der Waals surface area contributed by atoms with Gasteiger partial charge in [-0.05, 0) is 48.6 Å². The molecule has 2 aliphatic carbocycles. The molecule has 1 heterocycles. The first-order valence-electron chi connectivity index (χ1n) is 8.04. The predicted molar refractivity (Wildman–Crippen MR) is 105 cm³/mol. The Labute approximate surface area is 159 Å². The molecule has 2 saturated carbocycles. The van der Waals surface area contributed by atoms with Crippen molar-refractivity contribution in [1.29, 1.82) is 0 Å². The summed E-state index contributed by atoms with van der Waals surface area (Å²) in [5.74, 6) is 0. The molecule has 4 nitrogen and oxygen atoms in total. The molecule has 0 aromatic carbocycles. The van der Waals surface area contributed by atoms with Crippen LogP contribution in [0, 0.1) is 0 Å². The molecule has 3 rings (SSSR count). The van der Waals surface area contributed by atoms with E-state index in [-0.39, 0.29) is 9.49 Å². The molecule has 0 N–H and O–H groups in total. The Morgan fingerprint density at radius 2 is 1.79 bits per heavy atom. The van der Waals surface area contributed by atoms with Crippen molar-refractivity contribution < 1.29 is 14.3 Å². The Kier molecular flexibility index (Phi) is 6.56. The fraction of sp³-hybridized carbons (Fsp3) is 0.625. The topological polar surface area (TPSA) is 48.4 Å². The van der Waals surface area contributed by atoms with Crippen molar-refractivity contribution in [3.8, 4) is 0 Å². The molecule has 24 heavy (non-hydrogen) atoms. The number of carbonyl (C=O) groups is 1. The van der Waals surface area contributed by atoms with Crippen molar-refractivity contribution in [2.75, 3.05) is 13.2 Å². The highest BCUT2D eigenvalue weighted by atomic mass is 33.1. The summed E-state index contributed by atoms with van der Waals surface area (Å²) in [5.41, 5.74) is 0. The van der Waals surface area contributed by atoms with Crippen LogP contribution in [-0.2, 0) is 9.47 Å². The Morgan fingerprint density at radius 1 is 1.12 bits per heavy atom. The predicted octanol–water partition coefficient (Wildman–Crippen LogP) is 5.40. The average Bonchev–Trinajstić information content (AvgIpc) is 2.54. The highest BCUT2D eigenvalue weighted by Gasteiger charge is 2.41. The monoisotopic (exact) mass is 403 g/mol. The van der Waals surface area contributed by atoms with Crippen LogP contribution in [0.5, 0.6) is 0 Å². The van der Waals surface area contributed by atoms with Gasteiger partial charge >= 0.3 is 6.16 Å². The van der Waals surface area contributed by atoms with Crippen LogP contribution in [0.2, 0.25) is 0 Å². The lowest BCUT2D eigenvalue weighted by Crippen LogP contribution is -2.40. The van der Waals surface area contributed by atoms with Crippen LogP contribution in [-0.4, -0.2) is 33.8 Å². The van der Waals surface area contributed by atoms with E-state index in [1.165, 1.54) is 23.6 Å². The molecule has 1 aromatic rings. The molecule has 2 aliphatic rings. The van der Waals surface area contributed by atoms with Crippen molar-refractivity contribution >= 4 is 50.2 Å². The van der Waals surface area contributed by atoms with Gasteiger partial charge in [0, 0.05) is 6.20 Å². The molecule has 0 spiro atoms. The second-order valence-electron chi connectivity index (χ2n) is 6.33. The van der Waals surface area contributed by atoms with Gasteiger partial charge in [-0.1, -0.05) is 40.5 Å². The Hall–Kier alpha value is -0.180. The standard InChI is InChI=1S/C16H21NO3S4/c18-14(19-11-15(23-21)6-3-7-15)20-12-16(8-4-9-16)24-22-13-5-1-2-10-17-13/h1-2,5,10,21H,3-4,6-9,11-12H2. The molecule has 0 unspecified atom stereocenters. The molecule has 2 fully saturated rings. The van der Waals surface area contributed by atoms with Gasteiger partial charge in [-0.2, -0.15) is 0 Å². The summed E-state index contributed by atoms with van der Waals surface area (Å²) in [6.45, 7) is 0.792. The number of hydrogen-bond acceptors (Lipinski definition) is 8. The number of aromatic nitrogens is 1. The van der Waals surface area contributed by atoms with Gasteiger partial charge in [0.25, 0.3) is 0 Å². The van der Waals surface area contributed by atoms with E-state index >= 15 is 0 Å². The second kappa shape index (κ2) is 8.47. The lowest BCUT2D eigenvalue weighted by atomic mass is 9.85. The zero-order chi connectivity index (χ0) is 16.9. The molecule has 132 valence electrons. The summed E-state index contributed by atoms with van der Waals surface area (Å²) in [6.07, 6.45) is 7.80. The third kappa shape index (κ3) is 4.71. The first-order valence-corrected chi connectivity index (χ1v) is 12.1. The van der Waals surface area contributed by atoms with Crippen LogP contribution in [0.1, 0.15) is 38.5 Å². The molecular formula is C16H21NO3S4. The number of pyridine rings is 1. The van der Waals surface area contributed by atoms with Gasteiger partial charge in [0.2, 0.25) is 0 Å². The van der Waals surface area contributed by atoms with E-state index in [9.17, 15) is 4.79 Å². The van der Waals surface area contributed by atoms with Gasteiger partial charge in [0.05, 0.1) is 9.49 Å². The Bertz CT molecular complexity index is 544. The van der Waals surface area contributed by atoms with E-state index in [2.05, 4.69) is 16.6 Å². The van der Waals surface area contributed by atoms with E-state index in [4.69, 9.17) is 9.47 Å².